The van der Waals surface area contributed by atoms with E-state index in [9.17, 15) is 27.2 Å². The number of carbonyl (C=O) groups is 1. The van der Waals surface area contributed by atoms with Crippen LogP contribution in [0.4, 0.5) is 17.6 Å². The van der Waals surface area contributed by atoms with Crippen LogP contribution in [-0.4, -0.2) is 33.4 Å². The van der Waals surface area contributed by atoms with Gasteiger partial charge in [-0.3, -0.25) is 14.2 Å². The lowest BCUT2D eigenvalue weighted by atomic mass is 9.98. The molecule has 1 fully saturated rings. The van der Waals surface area contributed by atoms with Crippen molar-refractivity contribution < 1.29 is 22.4 Å². The third kappa shape index (κ3) is 6.44. The first kappa shape index (κ1) is 30.7. The summed E-state index contributed by atoms with van der Waals surface area (Å²) in [6, 6.07) is 10.6. The number of pyridine rings is 1. The summed E-state index contributed by atoms with van der Waals surface area (Å²) in [6.45, 7) is 7.15. The number of alkyl halides is 3. The average molecular weight is 612 g/mol. The SMILES string of the molecule is CCc1ccc(F)cc1-n1c(CC(C)C)c(C(=O)N2CCCCC2)cc(-c2nc(-c3ccc(C(F)(F)F)cc3)cs2)c1=O. The zero-order chi connectivity index (χ0) is 30.9. The Balaban J connectivity index is 1.73. The van der Waals surface area contributed by atoms with Gasteiger partial charge in [0.05, 0.1) is 28.1 Å². The fourth-order valence-corrected chi connectivity index (χ4v) is 6.34. The minimum absolute atomic E-state index is 0.0918. The number of likely N-dealkylation sites (tertiary alicyclic amines) is 1. The Morgan fingerprint density at radius 1 is 1.02 bits per heavy atom. The van der Waals surface area contributed by atoms with Crippen molar-refractivity contribution in [3.63, 3.8) is 0 Å². The van der Waals surface area contributed by atoms with Gasteiger partial charge in [0.2, 0.25) is 0 Å². The number of hydrogen-bond acceptors (Lipinski definition) is 4. The summed E-state index contributed by atoms with van der Waals surface area (Å²) in [5, 5.41) is 2.00. The molecule has 0 radical (unpaired) electrons. The van der Waals surface area contributed by atoms with Gasteiger partial charge >= 0.3 is 6.18 Å². The highest BCUT2D eigenvalue weighted by Crippen LogP contribution is 2.34. The van der Waals surface area contributed by atoms with Crippen LogP contribution < -0.4 is 5.56 Å². The highest BCUT2D eigenvalue weighted by Gasteiger charge is 2.31. The van der Waals surface area contributed by atoms with Gasteiger partial charge in [-0.05, 0) is 73.9 Å². The van der Waals surface area contributed by atoms with Crippen molar-refractivity contribution in [2.45, 2.75) is 59.1 Å². The second-order valence-electron chi connectivity index (χ2n) is 11.2. The number of aromatic nitrogens is 2. The first-order chi connectivity index (χ1) is 20.5. The summed E-state index contributed by atoms with van der Waals surface area (Å²) in [5.74, 6) is -0.587. The molecule has 1 aliphatic rings. The monoisotopic (exact) mass is 611 g/mol. The summed E-state index contributed by atoms with van der Waals surface area (Å²) >= 11 is 1.17. The topological polar surface area (TPSA) is 55.2 Å². The molecule has 10 heteroatoms. The number of aryl methyl sites for hydroxylation is 1. The minimum Gasteiger partial charge on any atom is -0.339 e. The number of halogens is 4. The predicted octanol–water partition coefficient (Wildman–Crippen LogP) is 8.17. The minimum atomic E-state index is -4.46. The van der Waals surface area contributed by atoms with Gasteiger partial charge in [-0.25, -0.2) is 9.37 Å². The standard InChI is InChI=1S/C33H33F4N3O2S/c1-4-21-10-13-24(34)17-28(21)40-29(16-20(2)3)25(31(41)39-14-6-5-7-15-39)18-26(32(40)42)30-38-27(19-43-30)22-8-11-23(12-9-22)33(35,36)37/h8-13,17-20H,4-7,14-16H2,1-3H3. The molecular weight excluding hydrogens is 578 g/mol. The molecule has 1 amide bonds. The summed E-state index contributed by atoms with van der Waals surface area (Å²) in [5.41, 5.74) is 1.91. The summed E-state index contributed by atoms with van der Waals surface area (Å²) < 4.78 is 55.4. The van der Waals surface area contributed by atoms with Gasteiger partial charge in [-0.15, -0.1) is 11.3 Å². The van der Waals surface area contributed by atoms with Crippen LogP contribution in [0.1, 0.15) is 67.2 Å². The van der Waals surface area contributed by atoms with E-state index in [0.717, 1.165) is 37.0 Å². The first-order valence-corrected chi connectivity index (χ1v) is 15.4. The Hall–Kier alpha value is -3.79. The highest BCUT2D eigenvalue weighted by atomic mass is 32.1. The molecule has 0 unspecified atom stereocenters. The van der Waals surface area contributed by atoms with Gasteiger partial charge in [0.1, 0.15) is 10.8 Å². The van der Waals surface area contributed by atoms with Crippen molar-refractivity contribution in [3.05, 3.63) is 92.5 Å². The highest BCUT2D eigenvalue weighted by molar-refractivity contribution is 7.13. The molecule has 0 atom stereocenters. The summed E-state index contributed by atoms with van der Waals surface area (Å²) in [6.07, 6.45) is -0.672. The Bertz CT molecular complexity index is 1680. The third-order valence-electron chi connectivity index (χ3n) is 7.69. The summed E-state index contributed by atoms with van der Waals surface area (Å²) in [7, 11) is 0. The van der Waals surface area contributed by atoms with Crippen LogP contribution in [0.5, 0.6) is 0 Å². The maximum absolute atomic E-state index is 14.7. The van der Waals surface area contributed by atoms with Gasteiger partial charge in [-0.1, -0.05) is 39.0 Å². The average Bonchev–Trinajstić information content (AvgIpc) is 3.47. The smallest absolute Gasteiger partial charge is 0.339 e. The number of thiazole rings is 1. The molecule has 0 saturated carbocycles. The van der Waals surface area contributed by atoms with E-state index < -0.39 is 23.1 Å². The maximum Gasteiger partial charge on any atom is 0.416 e. The van der Waals surface area contributed by atoms with Crippen molar-refractivity contribution in [1.29, 1.82) is 0 Å². The predicted molar refractivity (Wildman–Crippen MR) is 161 cm³/mol. The van der Waals surface area contributed by atoms with E-state index in [0.29, 0.717) is 59.1 Å². The molecular formula is C33H33F4N3O2S. The Morgan fingerprint density at radius 3 is 2.35 bits per heavy atom. The molecule has 43 heavy (non-hydrogen) atoms. The molecule has 0 N–H and O–H groups in total. The van der Waals surface area contributed by atoms with Gasteiger partial charge < -0.3 is 4.90 Å². The van der Waals surface area contributed by atoms with E-state index in [2.05, 4.69) is 4.98 Å². The van der Waals surface area contributed by atoms with Gasteiger partial charge in [0.25, 0.3) is 11.5 Å². The lowest BCUT2D eigenvalue weighted by Crippen LogP contribution is -2.38. The van der Waals surface area contributed by atoms with Gasteiger partial charge in [0.15, 0.2) is 0 Å². The van der Waals surface area contributed by atoms with Crippen molar-refractivity contribution in [2.75, 3.05) is 13.1 Å². The van der Waals surface area contributed by atoms with Crippen molar-refractivity contribution in [2.24, 2.45) is 5.92 Å². The maximum atomic E-state index is 14.7. The third-order valence-corrected chi connectivity index (χ3v) is 8.57. The fourth-order valence-electron chi connectivity index (χ4n) is 5.51. The number of amides is 1. The molecule has 1 saturated heterocycles. The first-order valence-electron chi connectivity index (χ1n) is 14.5. The van der Waals surface area contributed by atoms with E-state index in [1.54, 1.807) is 17.5 Å². The fraction of sp³-hybridized carbons (Fsp3) is 0.364. The van der Waals surface area contributed by atoms with Crippen LogP contribution in [0.25, 0.3) is 27.5 Å². The Labute approximate surface area is 251 Å². The lowest BCUT2D eigenvalue weighted by Gasteiger charge is -2.29. The second kappa shape index (κ2) is 12.4. The van der Waals surface area contributed by atoms with Crippen LogP contribution in [0, 0.1) is 11.7 Å². The van der Waals surface area contributed by atoms with Crippen molar-refractivity contribution in [3.8, 4) is 27.5 Å². The van der Waals surface area contributed by atoms with Gasteiger partial charge in [0, 0.05) is 29.7 Å². The molecule has 3 heterocycles. The molecule has 5 nitrogen and oxygen atoms in total. The molecule has 0 spiro atoms. The largest absolute Gasteiger partial charge is 0.416 e. The molecule has 4 aromatic rings. The zero-order valence-corrected chi connectivity index (χ0v) is 25.1. The molecule has 2 aromatic carbocycles. The molecule has 226 valence electrons. The molecule has 0 bridgehead atoms. The van der Waals surface area contributed by atoms with Crippen LogP contribution >= 0.6 is 11.3 Å². The molecule has 0 aliphatic carbocycles. The molecule has 2 aromatic heterocycles. The zero-order valence-electron chi connectivity index (χ0n) is 24.3. The van der Waals surface area contributed by atoms with Crippen molar-refractivity contribution >= 4 is 17.2 Å². The Kier molecular flexibility index (Phi) is 8.87. The number of piperidine rings is 1. The second-order valence-corrected chi connectivity index (χ2v) is 12.1. The van der Waals surface area contributed by atoms with E-state index in [4.69, 9.17) is 0 Å². The quantitative estimate of drug-likeness (QED) is 0.198. The number of nitrogens with zero attached hydrogens (tertiary/aromatic N) is 3. The van der Waals surface area contributed by atoms with Crippen LogP contribution in [0.3, 0.4) is 0 Å². The lowest BCUT2D eigenvalue weighted by molar-refractivity contribution is -0.137. The van der Waals surface area contributed by atoms with E-state index in [-0.39, 0.29) is 17.4 Å². The number of hydrogen-bond donors (Lipinski definition) is 0. The van der Waals surface area contributed by atoms with Crippen molar-refractivity contribution in [1.82, 2.24) is 14.5 Å². The molecule has 1 aliphatic heterocycles. The van der Waals surface area contributed by atoms with E-state index in [1.165, 1.54) is 40.2 Å². The summed E-state index contributed by atoms with van der Waals surface area (Å²) in [4.78, 5) is 34.9. The number of rotatable bonds is 7. The van der Waals surface area contributed by atoms with Crippen LogP contribution in [-0.2, 0) is 19.0 Å². The number of benzene rings is 2. The number of carbonyl (C=O) groups excluding carboxylic acids is 1. The van der Waals surface area contributed by atoms with E-state index in [1.807, 2.05) is 25.7 Å². The molecule has 5 rings (SSSR count). The van der Waals surface area contributed by atoms with Crippen LogP contribution in [0.2, 0.25) is 0 Å². The normalized spacial score (nSPS) is 14.0. The van der Waals surface area contributed by atoms with Gasteiger partial charge in [-0.2, -0.15) is 13.2 Å². The van der Waals surface area contributed by atoms with E-state index >= 15 is 0 Å². The van der Waals surface area contributed by atoms with Crippen LogP contribution in [0.15, 0.2) is 58.7 Å². The Morgan fingerprint density at radius 2 is 1.72 bits per heavy atom.